The third kappa shape index (κ3) is 5.27. The molecule has 0 saturated carbocycles. The first-order valence-corrected chi connectivity index (χ1v) is 10.6. The van der Waals surface area contributed by atoms with E-state index in [2.05, 4.69) is 20.3 Å². The van der Waals surface area contributed by atoms with Gasteiger partial charge < -0.3 is 19.7 Å². The minimum absolute atomic E-state index is 0.00693. The van der Waals surface area contributed by atoms with E-state index in [0.29, 0.717) is 37.8 Å². The molecular formula is C24H27N5O3. The quantitative estimate of drug-likeness (QED) is 0.635. The summed E-state index contributed by atoms with van der Waals surface area (Å²) in [6.45, 7) is 5.87. The number of anilines is 2. The number of aromatic nitrogens is 3. The van der Waals surface area contributed by atoms with Gasteiger partial charge in [0, 0.05) is 30.6 Å². The molecule has 1 aromatic carbocycles. The van der Waals surface area contributed by atoms with Crippen molar-refractivity contribution in [1.29, 1.82) is 0 Å². The van der Waals surface area contributed by atoms with Crippen molar-refractivity contribution < 1.29 is 14.3 Å². The maximum Gasteiger partial charge on any atom is 0.254 e. The highest BCUT2D eigenvalue weighted by molar-refractivity contribution is 5.94. The second kappa shape index (κ2) is 9.84. The summed E-state index contributed by atoms with van der Waals surface area (Å²) < 4.78 is 11.0. The molecule has 3 aromatic rings. The summed E-state index contributed by atoms with van der Waals surface area (Å²) in [5.41, 5.74) is 5.07. The molecule has 0 aliphatic carbocycles. The first-order chi connectivity index (χ1) is 15.5. The van der Waals surface area contributed by atoms with E-state index in [1.807, 2.05) is 61.2 Å². The summed E-state index contributed by atoms with van der Waals surface area (Å²) in [4.78, 5) is 28.1. The number of hydrogen-bond donors (Lipinski definition) is 1. The number of rotatable bonds is 6. The molecular weight excluding hydrogens is 406 g/mol. The predicted molar refractivity (Wildman–Crippen MR) is 121 cm³/mol. The summed E-state index contributed by atoms with van der Waals surface area (Å²) in [5, 5.41) is 3.18. The topological polar surface area (TPSA) is 89.5 Å². The van der Waals surface area contributed by atoms with Gasteiger partial charge in [0.1, 0.15) is 6.10 Å². The molecule has 8 heteroatoms. The fourth-order valence-electron chi connectivity index (χ4n) is 3.69. The third-order valence-corrected chi connectivity index (χ3v) is 5.22. The average molecular weight is 434 g/mol. The zero-order chi connectivity index (χ0) is 22.5. The fourth-order valence-corrected chi connectivity index (χ4v) is 3.69. The molecule has 8 nitrogen and oxygen atoms in total. The van der Waals surface area contributed by atoms with Crippen molar-refractivity contribution in [3.05, 3.63) is 76.9 Å². The zero-order valence-corrected chi connectivity index (χ0v) is 18.5. The smallest absolute Gasteiger partial charge is 0.254 e. The molecule has 1 saturated heterocycles. The maximum absolute atomic E-state index is 13.0. The summed E-state index contributed by atoms with van der Waals surface area (Å²) in [7, 11) is 1.65. The molecule has 1 atom stereocenters. The van der Waals surface area contributed by atoms with Crippen LogP contribution in [0.4, 0.5) is 11.6 Å². The van der Waals surface area contributed by atoms with Crippen LogP contribution in [0.1, 0.15) is 39.1 Å². The number of ether oxygens (including phenoxy) is 2. The molecule has 1 fully saturated rings. The van der Waals surface area contributed by atoms with Gasteiger partial charge in [-0.15, -0.1) is 0 Å². The number of morpholine rings is 1. The number of benzene rings is 1. The summed E-state index contributed by atoms with van der Waals surface area (Å²) >= 11 is 0. The highest BCUT2D eigenvalue weighted by Crippen LogP contribution is 2.23. The zero-order valence-electron chi connectivity index (χ0n) is 18.5. The molecule has 1 amide bonds. The fraction of sp³-hybridized carbons (Fsp3) is 0.333. The summed E-state index contributed by atoms with van der Waals surface area (Å²) in [5.74, 6) is 0.534. The minimum atomic E-state index is -0.271. The van der Waals surface area contributed by atoms with Crippen molar-refractivity contribution in [2.75, 3.05) is 32.1 Å². The lowest BCUT2D eigenvalue weighted by Crippen LogP contribution is -2.42. The SMILES string of the molecule is COCc1ccc(C(=O)N2CCOC(c3ccc(Nc4nc(C)cc(C)n4)cn3)C2)cc1. The van der Waals surface area contributed by atoms with Crippen LogP contribution in [0.25, 0.3) is 0 Å². The number of carbonyl (C=O) groups excluding carboxylic acids is 1. The van der Waals surface area contributed by atoms with Crippen LogP contribution in [0, 0.1) is 13.8 Å². The molecule has 3 heterocycles. The lowest BCUT2D eigenvalue weighted by Gasteiger charge is -2.32. The monoisotopic (exact) mass is 433 g/mol. The molecule has 1 unspecified atom stereocenters. The third-order valence-electron chi connectivity index (χ3n) is 5.22. The van der Waals surface area contributed by atoms with Crippen molar-refractivity contribution >= 4 is 17.5 Å². The van der Waals surface area contributed by atoms with Crippen LogP contribution in [0.3, 0.4) is 0 Å². The van der Waals surface area contributed by atoms with Crippen LogP contribution in [-0.4, -0.2) is 52.6 Å². The normalized spacial score (nSPS) is 16.1. The van der Waals surface area contributed by atoms with Crippen LogP contribution in [0.15, 0.2) is 48.7 Å². The number of aryl methyl sites for hydroxylation is 2. The van der Waals surface area contributed by atoms with E-state index in [-0.39, 0.29) is 12.0 Å². The Labute approximate surface area is 187 Å². The van der Waals surface area contributed by atoms with E-state index in [9.17, 15) is 4.79 Å². The summed E-state index contributed by atoms with van der Waals surface area (Å²) in [6.07, 6.45) is 1.46. The number of nitrogens with one attached hydrogen (secondary N) is 1. The van der Waals surface area contributed by atoms with Crippen LogP contribution >= 0.6 is 0 Å². The highest BCUT2D eigenvalue weighted by Gasteiger charge is 2.27. The minimum Gasteiger partial charge on any atom is -0.380 e. The number of carbonyl (C=O) groups is 1. The Morgan fingerprint density at radius 2 is 1.91 bits per heavy atom. The Balaban J connectivity index is 1.41. The van der Waals surface area contributed by atoms with Crippen LogP contribution in [0.5, 0.6) is 0 Å². The molecule has 0 bridgehead atoms. The molecule has 2 aromatic heterocycles. The molecule has 1 aliphatic heterocycles. The van der Waals surface area contributed by atoms with Gasteiger partial charge in [-0.25, -0.2) is 9.97 Å². The number of amides is 1. The van der Waals surface area contributed by atoms with E-state index < -0.39 is 0 Å². The van der Waals surface area contributed by atoms with E-state index in [4.69, 9.17) is 9.47 Å². The van der Waals surface area contributed by atoms with Crippen molar-refractivity contribution in [3.63, 3.8) is 0 Å². The number of methoxy groups -OCH3 is 1. The Morgan fingerprint density at radius 1 is 1.16 bits per heavy atom. The molecule has 0 radical (unpaired) electrons. The van der Waals surface area contributed by atoms with Gasteiger partial charge in [0.05, 0.1) is 37.3 Å². The van der Waals surface area contributed by atoms with Gasteiger partial charge in [0.15, 0.2) is 0 Å². The van der Waals surface area contributed by atoms with Crippen molar-refractivity contribution in [1.82, 2.24) is 19.9 Å². The van der Waals surface area contributed by atoms with Crippen molar-refractivity contribution in [2.24, 2.45) is 0 Å². The first-order valence-electron chi connectivity index (χ1n) is 10.6. The Bertz CT molecular complexity index is 1050. The highest BCUT2D eigenvalue weighted by atomic mass is 16.5. The van der Waals surface area contributed by atoms with E-state index >= 15 is 0 Å². The average Bonchev–Trinajstić information content (AvgIpc) is 2.79. The molecule has 0 spiro atoms. The Hall–Kier alpha value is -3.36. The Morgan fingerprint density at radius 3 is 2.56 bits per heavy atom. The predicted octanol–water partition coefficient (Wildman–Crippen LogP) is 3.59. The van der Waals surface area contributed by atoms with Gasteiger partial charge in [-0.1, -0.05) is 12.1 Å². The van der Waals surface area contributed by atoms with Gasteiger partial charge in [0.25, 0.3) is 5.91 Å². The number of nitrogens with zero attached hydrogens (tertiary/aromatic N) is 4. The van der Waals surface area contributed by atoms with Gasteiger partial charge in [0.2, 0.25) is 5.95 Å². The molecule has 166 valence electrons. The summed E-state index contributed by atoms with van der Waals surface area (Å²) in [6, 6.07) is 13.3. The van der Waals surface area contributed by atoms with E-state index in [1.165, 1.54) is 0 Å². The standard InChI is InChI=1S/C24H27N5O3/c1-16-12-17(2)27-24(26-16)28-20-8-9-21(25-13-20)22-14-29(10-11-32-22)23(30)19-6-4-18(5-7-19)15-31-3/h4-9,12-13,22H,10-11,14-15H2,1-3H3,(H,26,27,28). The van der Waals surface area contributed by atoms with Gasteiger partial charge >= 0.3 is 0 Å². The number of hydrogen-bond acceptors (Lipinski definition) is 7. The van der Waals surface area contributed by atoms with Gasteiger partial charge in [-0.3, -0.25) is 9.78 Å². The first kappa shape index (κ1) is 21.9. The Kier molecular flexibility index (Phi) is 6.72. The van der Waals surface area contributed by atoms with E-state index in [0.717, 1.165) is 28.3 Å². The van der Waals surface area contributed by atoms with Crippen molar-refractivity contribution in [3.8, 4) is 0 Å². The molecule has 1 aliphatic rings. The maximum atomic E-state index is 13.0. The van der Waals surface area contributed by atoms with E-state index in [1.54, 1.807) is 13.3 Å². The lowest BCUT2D eigenvalue weighted by molar-refractivity contribution is -0.0247. The van der Waals surface area contributed by atoms with Gasteiger partial charge in [-0.05, 0) is 49.7 Å². The van der Waals surface area contributed by atoms with Crippen molar-refractivity contribution in [2.45, 2.75) is 26.6 Å². The van der Waals surface area contributed by atoms with Crippen LogP contribution in [-0.2, 0) is 16.1 Å². The lowest BCUT2D eigenvalue weighted by atomic mass is 10.1. The molecule has 1 N–H and O–H groups in total. The second-order valence-corrected chi connectivity index (χ2v) is 7.81. The van der Waals surface area contributed by atoms with Crippen LogP contribution < -0.4 is 5.32 Å². The molecule has 4 rings (SSSR count). The number of pyridine rings is 1. The van der Waals surface area contributed by atoms with Gasteiger partial charge in [-0.2, -0.15) is 0 Å². The van der Waals surface area contributed by atoms with Crippen LogP contribution in [0.2, 0.25) is 0 Å². The molecule has 32 heavy (non-hydrogen) atoms. The second-order valence-electron chi connectivity index (χ2n) is 7.81. The largest absolute Gasteiger partial charge is 0.380 e.